The van der Waals surface area contributed by atoms with E-state index in [1.165, 1.54) is 24.3 Å². The van der Waals surface area contributed by atoms with Gasteiger partial charge in [-0.25, -0.2) is 0 Å². The molecule has 0 unspecified atom stereocenters. The minimum absolute atomic E-state index is 0.0805. The molecule has 0 saturated carbocycles. The number of nitrogens with zero attached hydrogens (tertiary/aromatic N) is 1. The minimum atomic E-state index is -1.35. The van der Waals surface area contributed by atoms with Crippen LogP contribution in [0.3, 0.4) is 0 Å². The summed E-state index contributed by atoms with van der Waals surface area (Å²) in [7, 11) is 0. The van der Waals surface area contributed by atoms with Crippen LogP contribution in [-0.2, 0) is 4.79 Å². The number of Topliss-reactive ketones (excluding diaryl/α,β-unsaturated/α-hetero) is 2. The lowest BCUT2D eigenvalue weighted by Gasteiger charge is -2.19. The minimum Gasteiger partial charge on any atom is -0.867 e. The summed E-state index contributed by atoms with van der Waals surface area (Å²) in [6.07, 6.45) is 0. The van der Waals surface area contributed by atoms with Crippen LogP contribution >= 0.6 is 0 Å². The van der Waals surface area contributed by atoms with E-state index in [-0.39, 0.29) is 11.1 Å². The summed E-state index contributed by atoms with van der Waals surface area (Å²) in [6, 6.07) is 5.53. The highest BCUT2D eigenvalue weighted by atomic mass is 16.6. The van der Waals surface area contributed by atoms with Gasteiger partial charge < -0.3 is 5.11 Å². The molecule has 80 valence electrons. The van der Waals surface area contributed by atoms with Crippen molar-refractivity contribution >= 4 is 17.3 Å². The van der Waals surface area contributed by atoms with Gasteiger partial charge in [0.05, 0.1) is 4.92 Å². The number of hydrogen-bond acceptors (Lipinski definition) is 5. The van der Waals surface area contributed by atoms with Gasteiger partial charge in [0.15, 0.2) is 0 Å². The van der Waals surface area contributed by atoms with Gasteiger partial charge in [0.25, 0.3) is 0 Å². The molecule has 0 heterocycles. The number of rotatable bonds is 1. The molecule has 0 radical (unpaired) electrons. The van der Waals surface area contributed by atoms with Crippen LogP contribution < -0.4 is 5.11 Å². The standard InChI is InChI=1S/C10H5NO5/c12-8-5-3-1-2-4-6(5)9(13)10(14)7(8)11(15)16/h1-4,12H/p-1. The highest BCUT2D eigenvalue weighted by molar-refractivity contribution is 6.51. The fourth-order valence-corrected chi connectivity index (χ4v) is 1.51. The smallest absolute Gasteiger partial charge is 0.313 e. The lowest BCUT2D eigenvalue weighted by molar-refractivity contribution is -0.425. The third-order valence-electron chi connectivity index (χ3n) is 2.24. The molecule has 0 aromatic heterocycles. The molecule has 1 aromatic carbocycles. The Kier molecular flexibility index (Phi) is 2.05. The van der Waals surface area contributed by atoms with Gasteiger partial charge in [-0.15, -0.1) is 0 Å². The molecule has 2 rings (SSSR count). The summed E-state index contributed by atoms with van der Waals surface area (Å²) in [5, 5.41) is 22.1. The molecule has 1 aliphatic rings. The van der Waals surface area contributed by atoms with Gasteiger partial charge in [0.1, 0.15) is 0 Å². The third kappa shape index (κ3) is 1.20. The Labute approximate surface area is 89.0 Å². The second-order valence-corrected chi connectivity index (χ2v) is 3.14. The molecule has 0 amide bonds. The molecule has 0 saturated heterocycles. The van der Waals surface area contributed by atoms with Crippen molar-refractivity contribution in [2.75, 3.05) is 0 Å². The van der Waals surface area contributed by atoms with Crippen LogP contribution in [0.1, 0.15) is 15.9 Å². The van der Waals surface area contributed by atoms with Gasteiger partial charge in [-0.2, -0.15) is 0 Å². The summed E-state index contributed by atoms with van der Waals surface area (Å²) in [5.74, 6) is -3.37. The molecule has 1 aromatic rings. The van der Waals surface area contributed by atoms with E-state index >= 15 is 0 Å². The van der Waals surface area contributed by atoms with Gasteiger partial charge in [0, 0.05) is 5.56 Å². The number of ketones is 2. The van der Waals surface area contributed by atoms with Crippen molar-refractivity contribution in [3.8, 4) is 0 Å². The molecule has 0 N–H and O–H groups in total. The summed E-state index contributed by atoms with van der Waals surface area (Å²) in [6.45, 7) is 0. The van der Waals surface area contributed by atoms with E-state index in [1.54, 1.807) is 0 Å². The fraction of sp³-hybridized carbons (Fsp3) is 0. The van der Waals surface area contributed by atoms with Gasteiger partial charge >= 0.3 is 11.5 Å². The molecule has 0 spiro atoms. The molecular formula is C10H4NO5-. The predicted octanol–water partition coefficient (Wildman–Crippen LogP) is -0.242. The van der Waals surface area contributed by atoms with Gasteiger partial charge in [-0.1, -0.05) is 24.3 Å². The molecule has 16 heavy (non-hydrogen) atoms. The molecule has 0 fully saturated rings. The van der Waals surface area contributed by atoms with E-state index in [0.29, 0.717) is 0 Å². The van der Waals surface area contributed by atoms with Crippen molar-refractivity contribution in [1.82, 2.24) is 0 Å². The number of allylic oxidation sites excluding steroid dienone is 1. The number of carbonyl (C=O) groups excluding carboxylic acids is 2. The number of nitro groups is 1. The first-order valence-electron chi connectivity index (χ1n) is 4.28. The maximum Gasteiger partial charge on any atom is 0.313 e. The first-order chi connectivity index (χ1) is 7.54. The zero-order valence-electron chi connectivity index (χ0n) is 7.80. The van der Waals surface area contributed by atoms with Crippen molar-refractivity contribution < 1.29 is 19.6 Å². The van der Waals surface area contributed by atoms with Crippen molar-refractivity contribution in [2.24, 2.45) is 0 Å². The highest BCUT2D eigenvalue weighted by Crippen LogP contribution is 2.25. The fourth-order valence-electron chi connectivity index (χ4n) is 1.51. The van der Waals surface area contributed by atoms with Gasteiger partial charge in [0.2, 0.25) is 5.78 Å². The highest BCUT2D eigenvalue weighted by Gasteiger charge is 2.36. The average molecular weight is 218 g/mol. The van der Waals surface area contributed by atoms with Crippen LogP contribution in [0.5, 0.6) is 0 Å². The first-order valence-corrected chi connectivity index (χ1v) is 4.28. The molecule has 0 bridgehead atoms. The summed E-state index contributed by atoms with van der Waals surface area (Å²) in [5.41, 5.74) is -1.36. The van der Waals surface area contributed by atoms with E-state index in [0.717, 1.165) is 0 Å². The van der Waals surface area contributed by atoms with Crippen LogP contribution in [-0.4, -0.2) is 16.5 Å². The topological polar surface area (TPSA) is 100 Å². The monoisotopic (exact) mass is 218 g/mol. The Bertz CT molecular complexity index is 558. The Morgan fingerprint density at radius 2 is 1.56 bits per heavy atom. The summed E-state index contributed by atoms with van der Waals surface area (Å²) >= 11 is 0. The number of fused-ring (bicyclic) bond motifs is 1. The zero-order chi connectivity index (χ0) is 11.9. The van der Waals surface area contributed by atoms with E-state index in [9.17, 15) is 24.8 Å². The maximum absolute atomic E-state index is 11.6. The zero-order valence-corrected chi connectivity index (χ0v) is 7.80. The van der Waals surface area contributed by atoms with Crippen molar-refractivity contribution in [2.45, 2.75) is 0 Å². The van der Waals surface area contributed by atoms with E-state index in [1.807, 2.05) is 0 Å². The Morgan fingerprint density at radius 3 is 2.12 bits per heavy atom. The van der Waals surface area contributed by atoms with Crippen molar-refractivity contribution in [3.05, 3.63) is 51.2 Å². The lowest BCUT2D eigenvalue weighted by atomic mass is 9.92. The van der Waals surface area contributed by atoms with Crippen LogP contribution in [0.4, 0.5) is 0 Å². The van der Waals surface area contributed by atoms with Gasteiger partial charge in [-0.3, -0.25) is 19.7 Å². The average Bonchev–Trinajstić information content (AvgIpc) is 2.26. The third-order valence-corrected chi connectivity index (χ3v) is 2.24. The number of hydrogen-bond donors (Lipinski definition) is 0. The second kappa shape index (κ2) is 3.27. The van der Waals surface area contributed by atoms with Crippen LogP contribution in [0.15, 0.2) is 30.0 Å². The SMILES string of the molecule is O=C1C(=O)c2ccccc2C([O-])=C1[N+](=O)[O-]. The van der Waals surface area contributed by atoms with Crippen LogP contribution in [0, 0.1) is 10.1 Å². The first kappa shape index (κ1) is 10.0. The Morgan fingerprint density at radius 1 is 1.00 bits per heavy atom. The number of carbonyl (C=O) groups is 2. The van der Waals surface area contributed by atoms with Crippen LogP contribution in [0.2, 0.25) is 0 Å². The molecule has 6 nitrogen and oxygen atoms in total. The largest absolute Gasteiger partial charge is 0.867 e. The normalized spacial score (nSPS) is 15.0. The number of benzene rings is 1. The van der Waals surface area contributed by atoms with E-state index in [2.05, 4.69) is 0 Å². The molecule has 0 atom stereocenters. The summed E-state index contributed by atoms with van der Waals surface area (Å²) < 4.78 is 0. The summed E-state index contributed by atoms with van der Waals surface area (Å²) in [4.78, 5) is 32.1. The van der Waals surface area contributed by atoms with E-state index < -0.39 is 27.9 Å². The quantitative estimate of drug-likeness (QED) is 0.367. The molecular weight excluding hydrogens is 214 g/mol. The Hall–Kier alpha value is -2.50. The molecule has 1 aliphatic carbocycles. The van der Waals surface area contributed by atoms with Crippen molar-refractivity contribution in [3.63, 3.8) is 0 Å². The maximum atomic E-state index is 11.6. The van der Waals surface area contributed by atoms with E-state index in [4.69, 9.17) is 0 Å². The van der Waals surface area contributed by atoms with Gasteiger partial charge in [-0.05, 0) is 11.3 Å². The second-order valence-electron chi connectivity index (χ2n) is 3.14. The lowest BCUT2D eigenvalue weighted by Crippen LogP contribution is -2.31. The molecule has 0 aliphatic heterocycles. The predicted molar refractivity (Wildman–Crippen MR) is 49.7 cm³/mol. The molecule has 6 heteroatoms. The Balaban J connectivity index is 2.79. The van der Waals surface area contributed by atoms with Crippen molar-refractivity contribution in [1.29, 1.82) is 0 Å². The van der Waals surface area contributed by atoms with Crippen LogP contribution in [0.25, 0.3) is 5.76 Å².